The van der Waals surface area contributed by atoms with Gasteiger partial charge in [0, 0.05) is 12.2 Å². The van der Waals surface area contributed by atoms with Gasteiger partial charge in [-0.05, 0) is 43.2 Å². The Morgan fingerprint density at radius 2 is 1.90 bits per heavy atom. The van der Waals surface area contributed by atoms with Gasteiger partial charge in [-0.25, -0.2) is 4.98 Å². The molecule has 0 N–H and O–H groups in total. The standard InChI is InChI=1S/C16H15N3O2/c1-20-12-4-6-13(7-5-12)21-16-15-14(17-10-18-16)9-11-3-2-8-19(11)15/h4-7,9-10H,2-3,8H2,1H3. The first-order chi connectivity index (χ1) is 10.3. The summed E-state index contributed by atoms with van der Waals surface area (Å²) in [4.78, 5) is 8.65. The molecule has 0 unspecified atom stereocenters. The number of aromatic nitrogens is 3. The van der Waals surface area contributed by atoms with Crippen molar-refractivity contribution >= 4 is 11.0 Å². The highest BCUT2D eigenvalue weighted by Gasteiger charge is 2.19. The normalized spacial score (nSPS) is 13.4. The Balaban J connectivity index is 1.75. The van der Waals surface area contributed by atoms with E-state index in [2.05, 4.69) is 20.6 Å². The maximum absolute atomic E-state index is 5.95. The fourth-order valence-corrected chi connectivity index (χ4v) is 2.82. The second-order valence-corrected chi connectivity index (χ2v) is 5.08. The van der Waals surface area contributed by atoms with Crippen molar-refractivity contribution in [2.75, 3.05) is 7.11 Å². The highest BCUT2D eigenvalue weighted by molar-refractivity contribution is 5.82. The van der Waals surface area contributed by atoms with Gasteiger partial charge in [-0.15, -0.1) is 0 Å². The van der Waals surface area contributed by atoms with E-state index < -0.39 is 0 Å². The van der Waals surface area contributed by atoms with E-state index in [1.807, 2.05) is 24.3 Å². The van der Waals surface area contributed by atoms with Crippen LogP contribution in [0.15, 0.2) is 36.7 Å². The molecule has 5 nitrogen and oxygen atoms in total. The molecule has 0 saturated carbocycles. The predicted molar refractivity (Wildman–Crippen MR) is 78.9 cm³/mol. The Morgan fingerprint density at radius 1 is 1.10 bits per heavy atom. The molecule has 1 aliphatic heterocycles. The number of benzene rings is 1. The van der Waals surface area contributed by atoms with Crippen LogP contribution in [0.1, 0.15) is 12.1 Å². The Hall–Kier alpha value is -2.56. The number of ether oxygens (including phenoxy) is 2. The van der Waals surface area contributed by atoms with Crippen molar-refractivity contribution in [3.63, 3.8) is 0 Å². The Bertz CT molecular complexity index is 793. The topological polar surface area (TPSA) is 49.2 Å². The zero-order valence-electron chi connectivity index (χ0n) is 11.7. The van der Waals surface area contributed by atoms with Gasteiger partial charge in [0.1, 0.15) is 23.3 Å². The SMILES string of the molecule is COc1ccc(Oc2ncnc3cc4n(c23)CCC4)cc1. The summed E-state index contributed by atoms with van der Waals surface area (Å²) in [7, 11) is 1.65. The monoisotopic (exact) mass is 281 g/mol. The summed E-state index contributed by atoms with van der Waals surface area (Å²) in [5.74, 6) is 2.15. The maximum Gasteiger partial charge on any atom is 0.247 e. The molecule has 0 aliphatic carbocycles. The van der Waals surface area contributed by atoms with Gasteiger partial charge in [-0.1, -0.05) is 0 Å². The second-order valence-electron chi connectivity index (χ2n) is 5.08. The van der Waals surface area contributed by atoms with Gasteiger partial charge in [-0.2, -0.15) is 4.98 Å². The van der Waals surface area contributed by atoms with Gasteiger partial charge in [0.25, 0.3) is 0 Å². The Morgan fingerprint density at radius 3 is 2.71 bits per heavy atom. The summed E-state index contributed by atoms with van der Waals surface area (Å²) >= 11 is 0. The molecule has 5 heteroatoms. The minimum Gasteiger partial charge on any atom is -0.497 e. The summed E-state index contributed by atoms with van der Waals surface area (Å²) in [6, 6.07) is 9.62. The van der Waals surface area contributed by atoms with Crippen molar-refractivity contribution in [3.05, 3.63) is 42.4 Å². The largest absolute Gasteiger partial charge is 0.497 e. The van der Waals surface area contributed by atoms with Gasteiger partial charge in [0.2, 0.25) is 5.88 Å². The third-order valence-electron chi connectivity index (χ3n) is 3.83. The van der Waals surface area contributed by atoms with E-state index in [4.69, 9.17) is 9.47 Å². The molecule has 0 bridgehead atoms. The third kappa shape index (κ3) is 2.01. The molecule has 0 atom stereocenters. The summed E-state index contributed by atoms with van der Waals surface area (Å²) in [6.45, 7) is 1.01. The zero-order chi connectivity index (χ0) is 14.2. The Labute approximate surface area is 122 Å². The van der Waals surface area contributed by atoms with E-state index in [1.165, 1.54) is 12.1 Å². The summed E-state index contributed by atoms with van der Waals surface area (Å²) in [5, 5.41) is 0. The number of rotatable bonds is 3. The van der Waals surface area contributed by atoms with Crippen molar-refractivity contribution in [1.82, 2.24) is 14.5 Å². The third-order valence-corrected chi connectivity index (χ3v) is 3.83. The van der Waals surface area contributed by atoms with Crippen molar-refractivity contribution in [3.8, 4) is 17.4 Å². The van der Waals surface area contributed by atoms with E-state index in [9.17, 15) is 0 Å². The van der Waals surface area contributed by atoms with E-state index in [1.54, 1.807) is 13.4 Å². The minimum atomic E-state index is 0.610. The first-order valence-corrected chi connectivity index (χ1v) is 7.00. The number of nitrogens with zero attached hydrogens (tertiary/aromatic N) is 3. The van der Waals surface area contributed by atoms with Gasteiger partial charge in [0.05, 0.1) is 12.6 Å². The van der Waals surface area contributed by atoms with Gasteiger partial charge in [-0.3, -0.25) is 0 Å². The number of hydrogen-bond acceptors (Lipinski definition) is 4. The van der Waals surface area contributed by atoms with Crippen LogP contribution in [-0.4, -0.2) is 21.6 Å². The summed E-state index contributed by atoms with van der Waals surface area (Å²) in [5.41, 5.74) is 3.24. The van der Waals surface area contributed by atoms with Crippen LogP contribution in [0.25, 0.3) is 11.0 Å². The number of methoxy groups -OCH3 is 1. The van der Waals surface area contributed by atoms with E-state index >= 15 is 0 Å². The van der Waals surface area contributed by atoms with Crippen molar-refractivity contribution in [2.24, 2.45) is 0 Å². The average Bonchev–Trinajstić information content (AvgIpc) is 3.09. The van der Waals surface area contributed by atoms with Crippen LogP contribution >= 0.6 is 0 Å². The van der Waals surface area contributed by atoms with Crippen LogP contribution in [0.3, 0.4) is 0 Å². The molecule has 3 heterocycles. The average molecular weight is 281 g/mol. The van der Waals surface area contributed by atoms with Crippen LogP contribution in [-0.2, 0) is 13.0 Å². The van der Waals surface area contributed by atoms with E-state index in [0.717, 1.165) is 35.5 Å². The summed E-state index contributed by atoms with van der Waals surface area (Å²) < 4.78 is 13.4. The van der Waals surface area contributed by atoms with E-state index in [-0.39, 0.29) is 0 Å². The lowest BCUT2D eigenvalue weighted by Gasteiger charge is -2.08. The molecule has 3 aromatic rings. The molecular weight excluding hydrogens is 266 g/mol. The molecule has 0 fully saturated rings. The lowest BCUT2D eigenvalue weighted by atomic mass is 10.3. The molecule has 0 radical (unpaired) electrons. The molecule has 1 aliphatic rings. The first kappa shape index (κ1) is 12.2. The highest BCUT2D eigenvalue weighted by Crippen LogP contribution is 2.32. The second kappa shape index (κ2) is 4.77. The molecule has 0 amide bonds. The van der Waals surface area contributed by atoms with Crippen molar-refractivity contribution in [2.45, 2.75) is 19.4 Å². The van der Waals surface area contributed by atoms with Gasteiger partial charge < -0.3 is 14.0 Å². The quantitative estimate of drug-likeness (QED) is 0.740. The smallest absolute Gasteiger partial charge is 0.247 e. The van der Waals surface area contributed by atoms with Gasteiger partial charge >= 0.3 is 0 Å². The molecule has 0 saturated heterocycles. The lowest BCUT2D eigenvalue weighted by Crippen LogP contribution is -1.97. The molecule has 2 aromatic heterocycles. The number of hydrogen-bond donors (Lipinski definition) is 0. The van der Waals surface area contributed by atoms with Crippen molar-refractivity contribution in [1.29, 1.82) is 0 Å². The first-order valence-electron chi connectivity index (χ1n) is 7.00. The van der Waals surface area contributed by atoms with Crippen LogP contribution in [0.5, 0.6) is 17.4 Å². The predicted octanol–water partition coefficient (Wildman–Crippen LogP) is 3.18. The van der Waals surface area contributed by atoms with Crippen LogP contribution in [0.2, 0.25) is 0 Å². The molecule has 4 rings (SSSR count). The fourth-order valence-electron chi connectivity index (χ4n) is 2.82. The highest BCUT2D eigenvalue weighted by atomic mass is 16.5. The minimum absolute atomic E-state index is 0.610. The lowest BCUT2D eigenvalue weighted by molar-refractivity contribution is 0.412. The van der Waals surface area contributed by atoms with Crippen LogP contribution < -0.4 is 9.47 Å². The zero-order valence-corrected chi connectivity index (χ0v) is 11.7. The molecule has 21 heavy (non-hydrogen) atoms. The molecule has 0 spiro atoms. The Kier molecular flexibility index (Phi) is 2.77. The van der Waals surface area contributed by atoms with Crippen LogP contribution in [0, 0.1) is 0 Å². The van der Waals surface area contributed by atoms with Gasteiger partial charge in [0.15, 0.2) is 0 Å². The molecule has 106 valence electrons. The summed E-state index contributed by atoms with van der Waals surface area (Å²) in [6.07, 6.45) is 3.82. The number of aryl methyl sites for hydroxylation is 2. The van der Waals surface area contributed by atoms with Crippen molar-refractivity contribution < 1.29 is 9.47 Å². The fraction of sp³-hybridized carbons (Fsp3) is 0.250. The molecular formula is C16H15N3O2. The van der Waals surface area contributed by atoms with Crippen LogP contribution in [0.4, 0.5) is 0 Å². The maximum atomic E-state index is 5.95. The molecule has 1 aromatic carbocycles. The van der Waals surface area contributed by atoms with E-state index in [0.29, 0.717) is 5.88 Å². The number of fused-ring (bicyclic) bond motifs is 3.